The summed E-state index contributed by atoms with van der Waals surface area (Å²) in [4.78, 5) is 18.1. The van der Waals surface area contributed by atoms with Gasteiger partial charge < -0.3 is 15.4 Å². The number of thioether (sulfide) groups is 1. The van der Waals surface area contributed by atoms with Crippen molar-refractivity contribution in [3.05, 3.63) is 58.4 Å². The minimum Gasteiger partial charge on any atom is -0.380 e. The van der Waals surface area contributed by atoms with Gasteiger partial charge in [-0.1, -0.05) is 18.2 Å². The third kappa shape index (κ3) is 4.06. The first-order chi connectivity index (χ1) is 14.7. The molecule has 5 nitrogen and oxygen atoms in total. The van der Waals surface area contributed by atoms with Crippen molar-refractivity contribution >= 4 is 45.6 Å². The van der Waals surface area contributed by atoms with Gasteiger partial charge >= 0.3 is 0 Å². The van der Waals surface area contributed by atoms with Crippen molar-refractivity contribution in [3.8, 4) is 0 Å². The fourth-order valence-electron chi connectivity index (χ4n) is 4.36. The van der Waals surface area contributed by atoms with Crippen LogP contribution in [0.4, 0.5) is 5.69 Å². The van der Waals surface area contributed by atoms with Crippen LogP contribution in [0.15, 0.2) is 48.0 Å². The van der Waals surface area contributed by atoms with Crippen LogP contribution in [0.3, 0.4) is 0 Å². The number of amides is 1. The maximum absolute atomic E-state index is 12.9. The Kier molecular flexibility index (Phi) is 5.67. The molecule has 2 fully saturated rings. The summed E-state index contributed by atoms with van der Waals surface area (Å²) in [7, 11) is 0. The van der Waals surface area contributed by atoms with E-state index in [1.807, 2.05) is 53.7 Å². The van der Waals surface area contributed by atoms with Crippen LogP contribution in [-0.4, -0.2) is 34.2 Å². The van der Waals surface area contributed by atoms with Crippen molar-refractivity contribution in [1.29, 1.82) is 0 Å². The molecule has 1 saturated carbocycles. The maximum atomic E-state index is 12.9. The van der Waals surface area contributed by atoms with Crippen LogP contribution in [0.2, 0.25) is 0 Å². The fraction of sp³-hybridized carbons (Fsp3) is 0.391. The first kappa shape index (κ1) is 19.8. The number of ether oxygens (including phenoxy) is 1. The van der Waals surface area contributed by atoms with E-state index in [1.165, 1.54) is 16.9 Å². The molecule has 1 spiro atoms. The monoisotopic (exact) mass is 439 g/mol. The minimum atomic E-state index is 0.0180. The molecule has 2 aliphatic rings. The lowest BCUT2D eigenvalue weighted by Gasteiger charge is -2.35. The Balaban J connectivity index is 1.22. The molecule has 5 rings (SSSR count). The van der Waals surface area contributed by atoms with Crippen LogP contribution in [0, 0.1) is 0 Å². The number of thiophene rings is 1. The van der Waals surface area contributed by atoms with Gasteiger partial charge in [-0.05, 0) is 54.8 Å². The number of para-hydroxylation sites is 1. The van der Waals surface area contributed by atoms with E-state index in [2.05, 4.69) is 21.7 Å². The molecule has 7 heteroatoms. The van der Waals surface area contributed by atoms with Crippen molar-refractivity contribution in [2.45, 2.75) is 43.2 Å². The second-order valence-corrected chi connectivity index (χ2v) is 10.2. The Hall–Kier alpha value is -2.09. The first-order valence-electron chi connectivity index (χ1n) is 10.5. The number of fused-ring (bicyclic) bond motifs is 1. The van der Waals surface area contributed by atoms with Gasteiger partial charge in [-0.25, -0.2) is 0 Å². The van der Waals surface area contributed by atoms with Gasteiger partial charge in [-0.3, -0.25) is 9.78 Å². The number of carbonyl (C=O) groups excluding carboxylic acids is 1. The number of hydrogen-bond acceptors (Lipinski definition) is 6. The van der Waals surface area contributed by atoms with Crippen molar-refractivity contribution in [2.24, 2.45) is 0 Å². The Bertz CT molecular complexity index is 1030. The van der Waals surface area contributed by atoms with Crippen molar-refractivity contribution in [3.63, 3.8) is 0 Å². The van der Waals surface area contributed by atoms with Crippen molar-refractivity contribution < 1.29 is 9.53 Å². The number of benzene rings is 1. The molecule has 156 valence electrons. The normalized spacial score (nSPS) is 23.7. The van der Waals surface area contributed by atoms with E-state index in [0.29, 0.717) is 6.54 Å². The highest BCUT2D eigenvalue weighted by Gasteiger charge is 2.40. The van der Waals surface area contributed by atoms with Crippen LogP contribution in [-0.2, 0) is 11.3 Å². The van der Waals surface area contributed by atoms with Gasteiger partial charge in [0.2, 0.25) is 0 Å². The predicted molar refractivity (Wildman–Crippen MR) is 124 cm³/mol. The van der Waals surface area contributed by atoms with Crippen LogP contribution in [0.5, 0.6) is 0 Å². The predicted octanol–water partition coefficient (Wildman–Crippen LogP) is 5.04. The van der Waals surface area contributed by atoms with E-state index in [0.717, 1.165) is 59.5 Å². The average molecular weight is 440 g/mol. The lowest BCUT2D eigenvalue weighted by molar-refractivity contribution is 0.0174. The summed E-state index contributed by atoms with van der Waals surface area (Å²) in [6.45, 7) is 1.51. The zero-order valence-electron chi connectivity index (χ0n) is 16.7. The van der Waals surface area contributed by atoms with Crippen molar-refractivity contribution in [1.82, 2.24) is 10.3 Å². The summed E-state index contributed by atoms with van der Waals surface area (Å²) in [6.07, 6.45) is 5.84. The highest BCUT2D eigenvalue weighted by Crippen LogP contribution is 2.44. The number of hydrogen-bond donors (Lipinski definition) is 2. The lowest BCUT2D eigenvalue weighted by Crippen LogP contribution is -2.42. The topological polar surface area (TPSA) is 63.2 Å². The summed E-state index contributed by atoms with van der Waals surface area (Å²) < 4.78 is 5.97. The number of aromatic nitrogens is 1. The molecule has 30 heavy (non-hydrogen) atoms. The van der Waals surface area contributed by atoms with Gasteiger partial charge in [0.15, 0.2) is 0 Å². The Morgan fingerprint density at radius 2 is 2.07 bits per heavy atom. The van der Waals surface area contributed by atoms with E-state index >= 15 is 0 Å². The molecule has 1 aliphatic carbocycles. The SMILES string of the molecule is O=C(NC1CCC2(CC1)OCCS2)c1sccc1NCc1ccnc2ccccc12. The molecule has 1 amide bonds. The smallest absolute Gasteiger partial charge is 0.263 e. The second-order valence-electron chi connectivity index (χ2n) is 7.86. The average Bonchev–Trinajstić information content (AvgIpc) is 3.44. The van der Waals surface area contributed by atoms with Crippen LogP contribution >= 0.6 is 23.1 Å². The summed E-state index contributed by atoms with van der Waals surface area (Å²) in [5.74, 6) is 1.11. The van der Waals surface area contributed by atoms with Crippen LogP contribution in [0.1, 0.15) is 40.9 Å². The van der Waals surface area contributed by atoms with Gasteiger partial charge in [0.05, 0.1) is 17.8 Å². The molecular weight excluding hydrogens is 414 g/mol. The summed E-state index contributed by atoms with van der Waals surface area (Å²) in [5.41, 5.74) is 3.05. The summed E-state index contributed by atoms with van der Waals surface area (Å²) in [5, 5.41) is 9.82. The number of pyridine rings is 1. The summed E-state index contributed by atoms with van der Waals surface area (Å²) in [6, 6.07) is 12.4. The Labute approximate surface area is 184 Å². The number of carbonyl (C=O) groups is 1. The maximum Gasteiger partial charge on any atom is 0.263 e. The number of anilines is 1. The largest absolute Gasteiger partial charge is 0.380 e. The second kappa shape index (κ2) is 8.57. The summed E-state index contributed by atoms with van der Waals surface area (Å²) >= 11 is 3.43. The fourth-order valence-corrected chi connectivity index (χ4v) is 6.37. The number of rotatable bonds is 5. The Morgan fingerprint density at radius 3 is 2.90 bits per heavy atom. The lowest BCUT2D eigenvalue weighted by atomic mass is 9.92. The highest BCUT2D eigenvalue weighted by atomic mass is 32.2. The van der Waals surface area contributed by atoms with Gasteiger partial charge in [0.1, 0.15) is 9.81 Å². The van der Waals surface area contributed by atoms with E-state index in [1.54, 1.807) is 0 Å². The molecule has 1 saturated heterocycles. The standard InChI is InChI=1S/C23H25N3O2S2/c27-22(26-17-5-9-23(10-6-17)28-12-14-30-23)21-20(8-13-29-21)25-15-16-7-11-24-19-4-2-1-3-18(16)19/h1-4,7-8,11,13,17,25H,5-6,9-10,12,14-15H2,(H,26,27). The molecule has 0 bridgehead atoms. The van der Waals surface area contributed by atoms with Gasteiger partial charge in [-0.15, -0.1) is 23.1 Å². The van der Waals surface area contributed by atoms with Gasteiger partial charge in [0, 0.05) is 29.9 Å². The molecule has 0 atom stereocenters. The quantitative estimate of drug-likeness (QED) is 0.583. The number of nitrogens with zero attached hydrogens (tertiary/aromatic N) is 1. The molecule has 3 aromatic rings. The minimum absolute atomic E-state index is 0.0180. The van der Waals surface area contributed by atoms with Gasteiger partial charge in [-0.2, -0.15) is 0 Å². The van der Waals surface area contributed by atoms with Gasteiger partial charge in [0.25, 0.3) is 5.91 Å². The Morgan fingerprint density at radius 1 is 1.20 bits per heavy atom. The van der Waals surface area contributed by atoms with E-state index in [4.69, 9.17) is 4.74 Å². The molecule has 1 aromatic carbocycles. The first-order valence-corrected chi connectivity index (χ1v) is 12.3. The van der Waals surface area contributed by atoms with Crippen molar-refractivity contribution in [2.75, 3.05) is 17.7 Å². The van der Waals surface area contributed by atoms with E-state index < -0.39 is 0 Å². The zero-order chi connectivity index (χ0) is 20.4. The number of nitrogens with one attached hydrogen (secondary N) is 2. The molecule has 2 aromatic heterocycles. The third-order valence-electron chi connectivity index (χ3n) is 5.98. The van der Waals surface area contributed by atoms with E-state index in [9.17, 15) is 4.79 Å². The molecular formula is C23H25N3O2S2. The zero-order valence-corrected chi connectivity index (χ0v) is 18.4. The third-order valence-corrected chi connectivity index (χ3v) is 8.31. The van der Waals surface area contributed by atoms with E-state index in [-0.39, 0.29) is 16.9 Å². The molecule has 3 heterocycles. The molecule has 1 aliphatic heterocycles. The van der Waals surface area contributed by atoms with Crippen LogP contribution in [0.25, 0.3) is 10.9 Å². The highest BCUT2D eigenvalue weighted by molar-refractivity contribution is 8.00. The molecule has 0 unspecified atom stereocenters. The molecule has 0 radical (unpaired) electrons. The molecule has 2 N–H and O–H groups in total. The van der Waals surface area contributed by atoms with Crippen LogP contribution < -0.4 is 10.6 Å².